The van der Waals surface area contributed by atoms with Gasteiger partial charge in [0.05, 0.1) is 13.3 Å². The smallest absolute Gasteiger partial charge is 0.291 e. The number of piperazine rings is 1. The van der Waals surface area contributed by atoms with Crippen molar-refractivity contribution in [1.82, 2.24) is 14.8 Å². The van der Waals surface area contributed by atoms with Gasteiger partial charge in [0.1, 0.15) is 5.69 Å². The Kier molecular flexibility index (Phi) is 7.27. The summed E-state index contributed by atoms with van der Waals surface area (Å²) >= 11 is 0. The maximum absolute atomic E-state index is 13.0. The number of pyridine rings is 1. The molecule has 1 aliphatic heterocycles. The van der Waals surface area contributed by atoms with Crippen molar-refractivity contribution in [3.63, 3.8) is 0 Å². The average molecular weight is 454 g/mol. The molecule has 1 aromatic carbocycles. The molecule has 0 radical (unpaired) electrons. The zero-order chi connectivity index (χ0) is 24.1. The molecule has 2 aromatic rings. The molecule has 10 heteroatoms. The van der Waals surface area contributed by atoms with E-state index in [2.05, 4.69) is 4.98 Å². The number of ether oxygens (including phenoxy) is 2. The van der Waals surface area contributed by atoms with Crippen LogP contribution in [-0.2, 0) is 9.59 Å². The Hall–Kier alpha value is -3.95. The van der Waals surface area contributed by atoms with Crippen LogP contribution in [0.4, 0.5) is 0 Å². The number of hydrogen-bond donors (Lipinski definition) is 1. The van der Waals surface area contributed by atoms with E-state index >= 15 is 0 Å². The van der Waals surface area contributed by atoms with E-state index in [1.165, 1.54) is 19.4 Å². The van der Waals surface area contributed by atoms with Crippen molar-refractivity contribution in [1.29, 1.82) is 0 Å². The van der Waals surface area contributed by atoms with Gasteiger partial charge in [-0.05, 0) is 26.0 Å². The van der Waals surface area contributed by atoms with E-state index in [1.54, 1.807) is 28.9 Å². The number of Topliss-reactive ketones (excluding diaryl/α,β-unsaturated/α-hetero) is 1. The summed E-state index contributed by atoms with van der Waals surface area (Å²) in [6.07, 6.45) is 0.329. The van der Waals surface area contributed by atoms with Crippen molar-refractivity contribution in [2.45, 2.75) is 26.0 Å². The minimum Gasteiger partial charge on any atom is -0.493 e. The summed E-state index contributed by atoms with van der Waals surface area (Å²) in [7, 11) is 1.36. The standard InChI is InChI=1S/C23H26N4O6/c1-14-13-26(23(31)16-7-5-4-6-8-16)9-10-27(14)22(30)15(2)33-19-12-25-17(11-18(19)32-3)20(28)21(24)29/h4-8,11-12,14-15H,9-10,13H2,1-3H3,(H2,24,29)/t14-,15+/m1/s1. The molecule has 10 nitrogen and oxygen atoms in total. The van der Waals surface area contributed by atoms with Crippen LogP contribution in [-0.4, -0.2) is 77.2 Å². The minimum atomic E-state index is -1.14. The highest BCUT2D eigenvalue weighted by Crippen LogP contribution is 2.28. The molecule has 2 N–H and O–H groups in total. The number of amides is 3. The lowest BCUT2D eigenvalue weighted by atomic mass is 10.1. The highest BCUT2D eigenvalue weighted by molar-refractivity contribution is 6.41. The Bertz CT molecular complexity index is 1060. The Balaban J connectivity index is 1.65. The number of aromatic nitrogens is 1. The van der Waals surface area contributed by atoms with E-state index in [0.717, 1.165) is 0 Å². The highest BCUT2D eigenvalue weighted by atomic mass is 16.5. The Morgan fingerprint density at radius 2 is 1.82 bits per heavy atom. The maximum Gasteiger partial charge on any atom is 0.291 e. The summed E-state index contributed by atoms with van der Waals surface area (Å²) in [5.74, 6) is -2.14. The van der Waals surface area contributed by atoms with E-state index in [9.17, 15) is 19.2 Å². The molecule has 1 fully saturated rings. The minimum absolute atomic E-state index is 0.0692. The Morgan fingerprint density at radius 1 is 1.12 bits per heavy atom. The van der Waals surface area contributed by atoms with E-state index < -0.39 is 17.8 Å². The van der Waals surface area contributed by atoms with Crippen LogP contribution in [0.3, 0.4) is 0 Å². The summed E-state index contributed by atoms with van der Waals surface area (Å²) in [6, 6.07) is 10.0. The summed E-state index contributed by atoms with van der Waals surface area (Å²) < 4.78 is 11.0. The molecular formula is C23H26N4O6. The second kappa shape index (κ2) is 10.1. The molecule has 0 saturated carbocycles. The molecule has 2 atom stereocenters. The van der Waals surface area contributed by atoms with Crippen LogP contribution in [0.2, 0.25) is 0 Å². The third-order valence-electron chi connectivity index (χ3n) is 5.38. The van der Waals surface area contributed by atoms with Crippen molar-refractivity contribution < 1.29 is 28.7 Å². The number of carbonyl (C=O) groups excluding carboxylic acids is 4. The number of nitrogens with zero attached hydrogens (tertiary/aromatic N) is 3. The monoisotopic (exact) mass is 454 g/mol. The summed E-state index contributed by atoms with van der Waals surface area (Å²) in [5.41, 5.74) is 5.43. The molecule has 2 heterocycles. The van der Waals surface area contributed by atoms with Crippen LogP contribution in [0.15, 0.2) is 42.6 Å². The molecule has 0 aliphatic carbocycles. The van der Waals surface area contributed by atoms with Crippen LogP contribution in [0.1, 0.15) is 34.7 Å². The fourth-order valence-corrected chi connectivity index (χ4v) is 3.63. The molecule has 3 rings (SSSR count). The van der Waals surface area contributed by atoms with Crippen LogP contribution >= 0.6 is 0 Å². The first kappa shape index (κ1) is 23.7. The van der Waals surface area contributed by atoms with Gasteiger partial charge >= 0.3 is 0 Å². The normalized spacial score (nSPS) is 16.6. The molecule has 3 amide bonds. The molecule has 33 heavy (non-hydrogen) atoms. The van der Waals surface area contributed by atoms with Crippen molar-refractivity contribution in [2.24, 2.45) is 5.73 Å². The van der Waals surface area contributed by atoms with E-state index in [1.807, 2.05) is 25.1 Å². The maximum atomic E-state index is 13.0. The van der Waals surface area contributed by atoms with Gasteiger partial charge in [0.2, 0.25) is 0 Å². The summed E-state index contributed by atoms with van der Waals surface area (Å²) in [5, 5.41) is 0. The number of hydrogen-bond acceptors (Lipinski definition) is 7. The first-order valence-corrected chi connectivity index (χ1v) is 10.4. The third-order valence-corrected chi connectivity index (χ3v) is 5.38. The second-order valence-electron chi connectivity index (χ2n) is 7.67. The molecule has 1 aliphatic rings. The van der Waals surface area contributed by atoms with Crippen molar-refractivity contribution in [3.8, 4) is 11.5 Å². The van der Waals surface area contributed by atoms with Gasteiger partial charge in [-0.1, -0.05) is 18.2 Å². The average Bonchev–Trinajstić information content (AvgIpc) is 2.83. The van der Waals surface area contributed by atoms with Crippen molar-refractivity contribution in [2.75, 3.05) is 26.7 Å². The summed E-state index contributed by atoms with van der Waals surface area (Å²) in [4.78, 5) is 55.9. The highest BCUT2D eigenvalue weighted by Gasteiger charge is 2.33. The molecule has 1 aromatic heterocycles. The number of methoxy groups -OCH3 is 1. The van der Waals surface area contributed by atoms with Gasteiger partial charge in [-0.2, -0.15) is 0 Å². The molecule has 174 valence electrons. The van der Waals surface area contributed by atoms with Gasteiger partial charge in [0.25, 0.3) is 23.5 Å². The Morgan fingerprint density at radius 3 is 2.42 bits per heavy atom. The quantitative estimate of drug-likeness (QED) is 0.485. The van der Waals surface area contributed by atoms with Gasteiger partial charge in [-0.3, -0.25) is 19.2 Å². The number of primary amides is 1. The van der Waals surface area contributed by atoms with Crippen LogP contribution in [0, 0.1) is 0 Å². The van der Waals surface area contributed by atoms with Gasteiger partial charge in [-0.25, -0.2) is 4.98 Å². The number of carbonyl (C=O) groups is 4. The third kappa shape index (κ3) is 5.28. The number of nitrogens with two attached hydrogens (primary N) is 1. The van der Waals surface area contributed by atoms with Crippen LogP contribution in [0.25, 0.3) is 0 Å². The zero-order valence-corrected chi connectivity index (χ0v) is 18.7. The van der Waals surface area contributed by atoms with Crippen LogP contribution in [0.5, 0.6) is 11.5 Å². The van der Waals surface area contributed by atoms with Gasteiger partial charge < -0.3 is 25.0 Å². The van der Waals surface area contributed by atoms with E-state index in [0.29, 0.717) is 25.2 Å². The largest absolute Gasteiger partial charge is 0.493 e. The fourth-order valence-electron chi connectivity index (χ4n) is 3.63. The number of rotatable bonds is 7. The molecule has 0 unspecified atom stereocenters. The number of benzene rings is 1. The van der Waals surface area contributed by atoms with Crippen molar-refractivity contribution >= 4 is 23.5 Å². The van der Waals surface area contributed by atoms with Gasteiger partial charge in [0, 0.05) is 37.3 Å². The first-order chi connectivity index (χ1) is 15.7. The van der Waals surface area contributed by atoms with E-state index in [-0.39, 0.29) is 35.0 Å². The lowest BCUT2D eigenvalue weighted by molar-refractivity contribution is -0.142. The Labute approximate surface area is 191 Å². The van der Waals surface area contributed by atoms with Gasteiger partial charge in [-0.15, -0.1) is 0 Å². The topological polar surface area (TPSA) is 132 Å². The number of ketones is 1. The van der Waals surface area contributed by atoms with Crippen molar-refractivity contribution in [3.05, 3.63) is 53.9 Å². The predicted molar refractivity (Wildman–Crippen MR) is 118 cm³/mol. The zero-order valence-electron chi connectivity index (χ0n) is 18.7. The van der Waals surface area contributed by atoms with E-state index in [4.69, 9.17) is 15.2 Å². The summed E-state index contributed by atoms with van der Waals surface area (Å²) in [6.45, 7) is 4.65. The lowest BCUT2D eigenvalue weighted by Gasteiger charge is -2.40. The second-order valence-corrected chi connectivity index (χ2v) is 7.67. The fraction of sp³-hybridized carbons (Fsp3) is 0.348. The van der Waals surface area contributed by atoms with Gasteiger partial charge in [0.15, 0.2) is 17.6 Å². The van der Waals surface area contributed by atoms with Crippen LogP contribution < -0.4 is 15.2 Å². The molecule has 0 spiro atoms. The SMILES string of the molecule is COc1cc(C(=O)C(N)=O)ncc1O[C@@H](C)C(=O)N1CCN(C(=O)c2ccccc2)C[C@H]1C. The first-order valence-electron chi connectivity index (χ1n) is 10.4. The predicted octanol–water partition coefficient (Wildman–Crippen LogP) is 0.899. The molecule has 1 saturated heterocycles. The lowest BCUT2D eigenvalue weighted by Crippen LogP contribution is -2.57. The molecular weight excluding hydrogens is 428 g/mol. The molecule has 0 bridgehead atoms.